The molecule has 2 aliphatic rings. The van der Waals surface area contributed by atoms with Crippen LogP contribution in [-0.2, 0) is 14.4 Å². The molecule has 1 unspecified atom stereocenters. The summed E-state index contributed by atoms with van der Waals surface area (Å²) in [5, 5.41) is 5.03. The van der Waals surface area contributed by atoms with Crippen LogP contribution in [0.1, 0.15) is 31.4 Å². The van der Waals surface area contributed by atoms with Crippen LogP contribution in [0.2, 0.25) is 0 Å². The highest BCUT2D eigenvalue weighted by Gasteiger charge is 2.31. The molecule has 128 valence electrons. The fourth-order valence-corrected chi connectivity index (χ4v) is 3.11. The first-order valence-corrected chi connectivity index (χ1v) is 8.20. The van der Waals surface area contributed by atoms with E-state index in [1.807, 2.05) is 13.0 Å². The van der Waals surface area contributed by atoms with Gasteiger partial charge in [-0.05, 0) is 26.2 Å². The van der Waals surface area contributed by atoms with Gasteiger partial charge >= 0.3 is 0 Å². The van der Waals surface area contributed by atoms with E-state index in [-0.39, 0.29) is 24.2 Å². The number of aryl methyl sites for hydroxylation is 1. The van der Waals surface area contributed by atoms with Gasteiger partial charge in [0.25, 0.3) is 0 Å². The number of nitrogens with zero attached hydrogens (tertiary/aromatic N) is 3. The van der Waals surface area contributed by atoms with E-state index >= 15 is 0 Å². The Kier molecular flexibility index (Phi) is 4.73. The second-order valence-corrected chi connectivity index (χ2v) is 6.29. The monoisotopic (exact) mass is 331 g/mol. The maximum absolute atomic E-state index is 12.4. The zero-order chi connectivity index (χ0) is 17.1. The number of piperidine rings is 2. The highest BCUT2D eigenvalue weighted by atomic mass is 16.2. The molecule has 1 atom stereocenters. The summed E-state index contributed by atoms with van der Waals surface area (Å²) in [4.78, 5) is 45.7. The quantitative estimate of drug-likeness (QED) is 0.751. The lowest BCUT2D eigenvalue weighted by atomic mass is 9.95. The molecule has 2 saturated heterocycles. The van der Waals surface area contributed by atoms with Gasteiger partial charge in [0.1, 0.15) is 18.2 Å². The largest absolute Gasteiger partial charge is 0.356 e. The molecule has 0 radical (unpaired) electrons. The molecule has 0 bridgehead atoms. The predicted octanol–water partition coefficient (Wildman–Crippen LogP) is -0.0772. The number of hydrogen-bond acceptors (Lipinski definition) is 6. The molecule has 24 heavy (non-hydrogen) atoms. The van der Waals surface area contributed by atoms with Crippen molar-refractivity contribution in [1.29, 1.82) is 0 Å². The third-order valence-corrected chi connectivity index (χ3v) is 4.53. The molecule has 3 heterocycles. The van der Waals surface area contributed by atoms with Gasteiger partial charge in [-0.25, -0.2) is 9.97 Å². The summed E-state index contributed by atoms with van der Waals surface area (Å²) in [6, 6.07) is 1.33. The minimum absolute atomic E-state index is 0.108. The second kappa shape index (κ2) is 6.94. The number of amides is 3. The van der Waals surface area contributed by atoms with Gasteiger partial charge in [-0.15, -0.1) is 0 Å². The van der Waals surface area contributed by atoms with E-state index in [0.717, 1.165) is 24.6 Å². The fraction of sp³-hybridized carbons (Fsp3) is 0.562. The van der Waals surface area contributed by atoms with Gasteiger partial charge < -0.3 is 10.2 Å². The van der Waals surface area contributed by atoms with Gasteiger partial charge in [0.15, 0.2) is 0 Å². The molecule has 8 heteroatoms. The van der Waals surface area contributed by atoms with Crippen molar-refractivity contribution in [2.75, 3.05) is 18.0 Å². The van der Waals surface area contributed by atoms with Crippen LogP contribution in [-0.4, -0.2) is 46.8 Å². The van der Waals surface area contributed by atoms with Crippen LogP contribution in [0.25, 0.3) is 0 Å². The number of aromatic nitrogens is 2. The van der Waals surface area contributed by atoms with Gasteiger partial charge in [-0.2, -0.15) is 0 Å². The van der Waals surface area contributed by atoms with Crippen LogP contribution in [0.4, 0.5) is 5.82 Å². The molecule has 0 saturated carbocycles. The molecule has 1 aromatic rings. The smallest absolute Gasteiger partial charge is 0.249 e. The standard InChI is InChI=1S/C16H21N5O3/c1-10-8-13(18-9-17-10)21-6-4-11(5-7-21)15(23)19-12-2-3-14(22)20-16(12)24/h8-9,11-12H,2-7H2,1H3,(H,19,23)(H,20,22,24). The highest BCUT2D eigenvalue weighted by molar-refractivity contribution is 6.01. The molecule has 0 spiro atoms. The van der Waals surface area contributed by atoms with Crippen molar-refractivity contribution in [3.63, 3.8) is 0 Å². The van der Waals surface area contributed by atoms with Crippen LogP contribution < -0.4 is 15.5 Å². The van der Waals surface area contributed by atoms with Crippen LogP contribution in [0.3, 0.4) is 0 Å². The van der Waals surface area contributed by atoms with Crippen molar-refractivity contribution < 1.29 is 14.4 Å². The maximum Gasteiger partial charge on any atom is 0.249 e. The Labute approximate surface area is 140 Å². The Morgan fingerprint density at radius 2 is 2.00 bits per heavy atom. The number of hydrogen-bond donors (Lipinski definition) is 2. The van der Waals surface area contributed by atoms with Crippen LogP contribution in [0.15, 0.2) is 12.4 Å². The average Bonchev–Trinajstić information content (AvgIpc) is 2.57. The van der Waals surface area contributed by atoms with Gasteiger partial charge in [0.05, 0.1) is 0 Å². The van der Waals surface area contributed by atoms with E-state index in [1.54, 1.807) is 6.33 Å². The number of carbonyl (C=O) groups is 3. The Morgan fingerprint density at radius 1 is 1.25 bits per heavy atom. The summed E-state index contributed by atoms with van der Waals surface area (Å²) in [5.41, 5.74) is 0.915. The lowest BCUT2D eigenvalue weighted by Gasteiger charge is -2.33. The summed E-state index contributed by atoms with van der Waals surface area (Å²) >= 11 is 0. The van der Waals surface area contributed by atoms with E-state index in [0.29, 0.717) is 19.3 Å². The molecule has 1 aromatic heterocycles. The van der Waals surface area contributed by atoms with Gasteiger partial charge in [0, 0.05) is 37.2 Å². The Balaban J connectivity index is 1.52. The lowest BCUT2D eigenvalue weighted by molar-refractivity contribution is -0.138. The Bertz CT molecular complexity index is 655. The molecule has 2 N–H and O–H groups in total. The summed E-state index contributed by atoms with van der Waals surface area (Å²) < 4.78 is 0. The minimum atomic E-state index is -0.599. The Hall–Kier alpha value is -2.51. The maximum atomic E-state index is 12.4. The molecule has 3 rings (SSSR count). The van der Waals surface area contributed by atoms with Crippen molar-refractivity contribution in [3.05, 3.63) is 18.1 Å². The SMILES string of the molecule is Cc1cc(N2CCC(C(=O)NC3CCC(=O)NC3=O)CC2)ncn1. The van der Waals surface area contributed by atoms with Crippen molar-refractivity contribution >= 4 is 23.5 Å². The van der Waals surface area contributed by atoms with Crippen LogP contribution >= 0.6 is 0 Å². The van der Waals surface area contributed by atoms with Gasteiger partial charge in [-0.3, -0.25) is 19.7 Å². The van der Waals surface area contributed by atoms with E-state index in [9.17, 15) is 14.4 Å². The van der Waals surface area contributed by atoms with E-state index in [4.69, 9.17) is 0 Å². The molecular formula is C16H21N5O3. The van der Waals surface area contributed by atoms with Gasteiger partial charge in [0.2, 0.25) is 17.7 Å². The lowest BCUT2D eigenvalue weighted by Crippen LogP contribution is -2.54. The number of carbonyl (C=O) groups excluding carboxylic acids is 3. The fourth-order valence-electron chi connectivity index (χ4n) is 3.11. The summed E-state index contributed by atoms with van der Waals surface area (Å²) in [6.45, 7) is 3.40. The number of anilines is 1. The first-order valence-electron chi connectivity index (χ1n) is 8.20. The van der Waals surface area contributed by atoms with E-state index in [2.05, 4.69) is 25.5 Å². The highest BCUT2D eigenvalue weighted by Crippen LogP contribution is 2.22. The van der Waals surface area contributed by atoms with E-state index in [1.165, 1.54) is 0 Å². The summed E-state index contributed by atoms with van der Waals surface area (Å²) in [7, 11) is 0. The van der Waals surface area contributed by atoms with Crippen molar-refractivity contribution in [3.8, 4) is 0 Å². The van der Waals surface area contributed by atoms with Gasteiger partial charge in [-0.1, -0.05) is 0 Å². The van der Waals surface area contributed by atoms with Crippen LogP contribution in [0.5, 0.6) is 0 Å². The number of nitrogens with one attached hydrogen (secondary N) is 2. The normalized spacial score (nSPS) is 22.2. The molecule has 3 amide bonds. The van der Waals surface area contributed by atoms with Crippen molar-refractivity contribution in [1.82, 2.24) is 20.6 Å². The molecule has 0 aromatic carbocycles. The first kappa shape index (κ1) is 16.4. The topological polar surface area (TPSA) is 104 Å². The molecule has 2 aliphatic heterocycles. The van der Waals surface area contributed by atoms with E-state index < -0.39 is 11.9 Å². The second-order valence-electron chi connectivity index (χ2n) is 6.29. The third-order valence-electron chi connectivity index (χ3n) is 4.53. The number of rotatable bonds is 3. The summed E-state index contributed by atoms with van der Waals surface area (Å²) in [5.74, 6) is -0.0309. The minimum Gasteiger partial charge on any atom is -0.356 e. The zero-order valence-corrected chi connectivity index (χ0v) is 13.6. The molecule has 8 nitrogen and oxygen atoms in total. The zero-order valence-electron chi connectivity index (χ0n) is 13.6. The molecule has 2 fully saturated rings. The first-order chi connectivity index (χ1) is 11.5. The van der Waals surface area contributed by atoms with Crippen molar-refractivity contribution in [2.45, 2.75) is 38.6 Å². The van der Waals surface area contributed by atoms with Crippen LogP contribution in [0, 0.1) is 12.8 Å². The number of imide groups is 1. The van der Waals surface area contributed by atoms with Crippen molar-refractivity contribution in [2.24, 2.45) is 5.92 Å². The Morgan fingerprint density at radius 3 is 2.67 bits per heavy atom. The molecule has 0 aliphatic carbocycles. The average molecular weight is 331 g/mol. The molecular weight excluding hydrogens is 310 g/mol. The predicted molar refractivity (Wildman–Crippen MR) is 86.0 cm³/mol. The summed E-state index contributed by atoms with van der Waals surface area (Å²) in [6.07, 6.45) is 3.61. The third kappa shape index (κ3) is 3.69.